The zero-order chi connectivity index (χ0) is 19.9. The Morgan fingerprint density at radius 3 is 2.36 bits per heavy atom. The lowest BCUT2D eigenvalue weighted by Crippen LogP contribution is -2.60. The van der Waals surface area contributed by atoms with E-state index in [9.17, 15) is 9.59 Å². The van der Waals surface area contributed by atoms with Gasteiger partial charge < -0.3 is 15.4 Å². The van der Waals surface area contributed by atoms with Crippen molar-refractivity contribution in [1.29, 1.82) is 0 Å². The molecule has 1 aromatic rings. The van der Waals surface area contributed by atoms with E-state index in [1.807, 2.05) is 19.1 Å². The Morgan fingerprint density at radius 1 is 1.14 bits per heavy atom. The number of amides is 2. The van der Waals surface area contributed by atoms with Gasteiger partial charge in [0.2, 0.25) is 11.8 Å². The predicted molar refractivity (Wildman–Crippen MR) is 108 cm³/mol. The number of methoxy groups -OCH3 is 1. The molecular weight excluding hydrogens is 352 g/mol. The van der Waals surface area contributed by atoms with Crippen LogP contribution in [0.3, 0.4) is 0 Å². The van der Waals surface area contributed by atoms with Crippen LogP contribution < -0.4 is 15.4 Å². The Labute approximate surface area is 167 Å². The molecule has 152 valence electrons. The molecule has 1 aromatic carbocycles. The number of hydrogen-bond acceptors (Lipinski definition) is 3. The van der Waals surface area contributed by atoms with Gasteiger partial charge in [0.05, 0.1) is 12.5 Å². The minimum Gasteiger partial charge on any atom is -0.497 e. The van der Waals surface area contributed by atoms with Gasteiger partial charge in [0.25, 0.3) is 0 Å². The molecule has 4 aliphatic carbocycles. The van der Waals surface area contributed by atoms with Crippen molar-refractivity contribution in [2.75, 3.05) is 13.7 Å². The maximum Gasteiger partial charge on any atom is 0.242 e. The quantitative estimate of drug-likeness (QED) is 0.792. The first-order valence-electron chi connectivity index (χ1n) is 10.6. The number of carbonyl (C=O) groups is 2. The van der Waals surface area contributed by atoms with Crippen LogP contribution in [0.15, 0.2) is 24.3 Å². The average molecular weight is 385 g/mol. The summed E-state index contributed by atoms with van der Waals surface area (Å²) in [5, 5.41) is 5.84. The average Bonchev–Trinajstić information content (AvgIpc) is 2.67. The predicted octanol–water partition coefficient (Wildman–Crippen LogP) is 3.17. The van der Waals surface area contributed by atoms with E-state index in [0.717, 1.165) is 25.0 Å². The largest absolute Gasteiger partial charge is 0.497 e. The van der Waals surface area contributed by atoms with Crippen LogP contribution in [0.5, 0.6) is 5.75 Å². The summed E-state index contributed by atoms with van der Waals surface area (Å²) in [4.78, 5) is 25.5. The Bertz CT molecular complexity index is 744. The highest BCUT2D eigenvalue weighted by Gasteiger charge is 2.61. The third kappa shape index (κ3) is 3.19. The van der Waals surface area contributed by atoms with E-state index in [2.05, 4.69) is 22.8 Å². The molecule has 4 bridgehead atoms. The highest BCUT2D eigenvalue weighted by molar-refractivity contribution is 5.90. The zero-order valence-corrected chi connectivity index (χ0v) is 17.2. The number of nitrogens with one attached hydrogen (secondary N) is 2. The third-order valence-electron chi connectivity index (χ3n) is 7.34. The smallest absolute Gasteiger partial charge is 0.242 e. The highest BCUT2D eigenvalue weighted by atomic mass is 16.5. The van der Waals surface area contributed by atoms with Gasteiger partial charge in [-0.3, -0.25) is 9.59 Å². The molecule has 2 N–H and O–H groups in total. The van der Waals surface area contributed by atoms with Crippen molar-refractivity contribution >= 4 is 11.8 Å². The molecule has 0 aliphatic heterocycles. The van der Waals surface area contributed by atoms with Crippen molar-refractivity contribution in [2.45, 2.75) is 63.8 Å². The summed E-state index contributed by atoms with van der Waals surface area (Å²) in [6, 6.07) is 7.97. The molecule has 2 amide bonds. The van der Waals surface area contributed by atoms with Gasteiger partial charge in [-0.1, -0.05) is 12.1 Å². The van der Waals surface area contributed by atoms with Gasteiger partial charge in [-0.25, -0.2) is 0 Å². The molecule has 5 atom stereocenters. The Hall–Kier alpha value is -2.04. The molecule has 5 rings (SSSR count). The maximum atomic E-state index is 13.4. The Balaban J connectivity index is 1.58. The van der Waals surface area contributed by atoms with E-state index in [-0.39, 0.29) is 22.6 Å². The zero-order valence-electron chi connectivity index (χ0n) is 17.2. The summed E-state index contributed by atoms with van der Waals surface area (Å²) < 4.78 is 5.33. The van der Waals surface area contributed by atoms with E-state index in [4.69, 9.17) is 4.74 Å². The minimum absolute atomic E-state index is 0.0817. The first kappa shape index (κ1) is 19.3. The van der Waals surface area contributed by atoms with Crippen LogP contribution in [0.1, 0.15) is 57.9 Å². The molecule has 0 saturated heterocycles. The Morgan fingerprint density at radius 2 is 1.79 bits per heavy atom. The van der Waals surface area contributed by atoms with Crippen molar-refractivity contribution < 1.29 is 14.3 Å². The van der Waals surface area contributed by atoms with Crippen LogP contribution in [0, 0.1) is 17.3 Å². The summed E-state index contributed by atoms with van der Waals surface area (Å²) in [7, 11) is 1.69. The van der Waals surface area contributed by atoms with E-state index in [0.29, 0.717) is 18.4 Å². The van der Waals surface area contributed by atoms with Crippen LogP contribution in [-0.2, 0) is 15.0 Å². The number of ether oxygens (including phenoxy) is 1. The molecular formula is C23H32N2O3. The van der Waals surface area contributed by atoms with Crippen LogP contribution in [0.2, 0.25) is 0 Å². The fraction of sp³-hybridized carbons (Fsp3) is 0.652. The van der Waals surface area contributed by atoms with Gasteiger partial charge in [0.1, 0.15) is 11.8 Å². The van der Waals surface area contributed by atoms with Crippen LogP contribution in [0.4, 0.5) is 0 Å². The fourth-order valence-electron chi connectivity index (χ4n) is 6.55. The van der Waals surface area contributed by atoms with Crippen LogP contribution in [-0.4, -0.2) is 31.5 Å². The van der Waals surface area contributed by atoms with E-state index >= 15 is 0 Å². The minimum atomic E-state index is -0.489. The number of rotatable bonds is 6. The molecule has 28 heavy (non-hydrogen) atoms. The number of carbonyl (C=O) groups excluding carboxylic acids is 2. The van der Waals surface area contributed by atoms with Crippen LogP contribution in [0.25, 0.3) is 0 Å². The lowest BCUT2D eigenvalue weighted by molar-refractivity contribution is -0.151. The molecule has 0 aromatic heterocycles. The van der Waals surface area contributed by atoms with Gasteiger partial charge >= 0.3 is 0 Å². The maximum absolute atomic E-state index is 13.4. The second kappa shape index (κ2) is 7.09. The van der Waals surface area contributed by atoms with Gasteiger partial charge in [-0.15, -0.1) is 0 Å². The molecule has 4 fully saturated rings. The fourth-order valence-corrected chi connectivity index (χ4v) is 6.55. The highest BCUT2D eigenvalue weighted by Crippen LogP contribution is 2.65. The molecule has 4 saturated carbocycles. The van der Waals surface area contributed by atoms with Crippen LogP contribution >= 0.6 is 0 Å². The summed E-state index contributed by atoms with van der Waals surface area (Å²) >= 11 is 0. The van der Waals surface area contributed by atoms with E-state index in [1.165, 1.54) is 24.8 Å². The van der Waals surface area contributed by atoms with E-state index < -0.39 is 6.04 Å². The second-order valence-corrected chi connectivity index (χ2v) is 9.34. The molecule has 2 unspecified atom stereocenters. The second-order valence-electron chi connectivity index (χ2n) is 9.34. The Kier molecular flexibility index (Phi) is 4.88. The lowest BCUT2D eigenvalue weighted by Gasteiger charge is -2.61. The normalized spacial score (nSPS) is 34.0. The van der Waals surface area contributed by atoms with Crippen molar-refractivity contribution in [2.24, 2.45) is 17.3 Å². The summed E-state index contributed by atoms with van der Waals surface area (Å²) in [5.41, 5.74) is 1.10. The third-order valence-corrected chi connectivity index (χ3v) is 7.34. The van der Waals surface area contributed by atoms with Gasteiger partial charge in [-0.05, 0) is 87.3 Å². The van der Waals surface area contributed by atoms with Crippen molar-refractivity contribution in [3.05, 3.63) is 29.8 Å². The molecule has 0 heterocycles. The number of benzene rings is 1. The van der Waals surface area contributed by atoms with Crippen molar-refractivity contribution in [3.63, 3.8) is 0 Å². The van der Waals surface area contributed by atoms with Gasteiger partial charge in [0.15, 0.2) is 0 Å². The summed E-state index contributed by atoms with van der Waals surface area (Å²) in [6.07, 6.45) is 6.43. The van der Waals surface area contributed by atoms with Crippen molar-refractivity contribution in [3.8, 4) is 5.75 Å². The molecule has 0 radical (unpaired) electrons. The van der Waals surface area contributed by atoms with E-state index in [1.54, 1.807) is 14.0 Å². The first-order chi connectivity index (χ1) is 13.4. The first-order valence-corrected chi connectivity index (χ1v) is 10.6. The molecule has 5 heteroatoms. The molecule has 4 aliphatic rings. The topological polar surface area (TPSA) is 67.4 Å². The van der Waals surface area contributed by atoms with Gasteiger partial charge in [-0.2, -0.15) is 0 Å². The number of hydrogen-bond donors (Lipinski definition) is 2. The molecule has 0 spiro atoms. The van der Waals surface area contributed by atoms with Crippen molar-refractivity contribution in [1.82, 2.24) is 10.6 Å². The standard InChI is InChI=1S/C23H32N2O3/c1-4-24-20(26)15(2)25-21(27)23-12-16-9-17(13-23)11-22(10-16,14-23)18-5-7-19(28-3)8-6-18/h5-8,15-17H,4,9-14H2,1-3H3,(H,24,26)(H,25,27)/t15-,16-,17+,22?,23?/m1/s1. The number of likely N-dealkylation sites (N-methyl/N-ethyl adjacent to an activating group) is 1. The molecule has 5 nitrogen and oxygen atoms in total. The van der Waals surface area contributed by atoms with Gasteiger partial charge in [0, 0.05) is 6.54 Å². The summed E-state index contributed by atoms with van der Waals surface area (Å²) in [6.45, 7) is 4.25. The SMILES string of the molecule is CCNC(=O)[C@@H](C)NC(=O)C12C[C@H]3C[C@@H](C1)CC(c1ccc(OC)cc1)(C3)C2. The summed E-state index contributed by atoms with van der Waals surface area (Å²) in [5.74, 6) is 2.06. The monoisotopic (exact) mass is 384 g/mol. The lowest BCUT2D eigenvalue weighted by atomic mass is 9.42.